The third-order valence-corrected chi connectivity index (χ3v) is 4.56. The first-order valence-electron chi connectivity index (χ1n) is 8.94. The number of aryl methyl sites for hydroxylation is 1. The van der Waals surface area contributed by atoms with Crippen LogP contribution in [0.15, 0.2) is 48.5 Å². The van der Waals surface area contributed by atoms with E-state index in [1.54, 1.807) is 29.2 Å². The Morgan fingerprint density at radius 3 is 2.59 bits per heavy atom. The predicted octanol–water partition coefficient (Wildman–Crippen LogP) is 2.60. The average molecular weight is 366 g/mol. The molecule has 0 spiro atoms. The standard InChI is InChI=1S/C21H22N2O4/c1-15-7-2-3-8-16(15)13-22-19(24)14-27-21(26)17-9-4-5-10-18(17)23-12-6-11-20(23)25/h2-5,7-10H,6,11-14H2,1H3,(H,22,24). The largest absolute Gasteiger partial charge is 0.452 e. The Balaban J connectivity index is 1.57. The van der Waals surface area contributed by atoms with Crippen molar-refractivity contribution in [1.82, 2.24) is 5.32 Å². The van der Waals surface area contributed by atoms with Gasteiger partial charge >= 0.3 is 5.97 Å². The van der Waals surface area contributed by atoms with Gasteiger partial charge in [-0.1, -0.05) is 36.4 Å². The Labute approximate surface area is 158 Å². The summed E-state index contributed by atoms with van der Waals surface area (Å²) in [6.45, 7) is 2.56. The number of carbonyl (C=O) groups is 3. The molecule has 2 aromatic carbocycles. The number of nitrogens with zero attached hydrogens (tertiary/aromatic N) is 1. The Morgan fingerprint density at radius 2 is 1.85 bits per heavy atom. The van der Waals surface area contributed by atoms with Gasteiger partial charge in [-0.15, -0.1) is 0 Å². The van der Waals surface area contributed by atoms with E-state index in [9.17, 15) is 14.4 Å². The quantitative estimate of drug-likeness (QED) is 0.798. The number of ether oxygens (including phenoxy) is 1. The Hall–Kier alpha value is -3.15. The van der Waals surface area contributed by atoms with Gasteiger partial charge in [-0.3, -0.25) is 9.59 Å². The van der Waals surface area contributed by atoms with Gasteiger partial charge in [-0.25, -0.2) is 4.79 Å². The molecule has 2 aromatic rings. The zero-order valence-electron chi connectivity index (χ0n) is 15.2. The first-order chi connectivity index (χ1) is 13.1. The molecule has 6 nitrogen and oxygen atoms in total. The van der Waals surface area contributed by atoms with Gasteiger partial charge < -0.3 is 15.0 Å². The lowest BCUT2D eigenvalue weighted by molar-refractivity contribution is -0.124. The van der Waals surface area contributed by atoms with Crippen LogP contribution in [0.25, 0.3) is 0 Å². The molecule has 0 radical (unpaired) electrons. The number of esters is 1. The van der Waals surface area contributed by atoms with Crippen molar-refractivity contribution in [1.29, 1.82) is 0 Å². The van der Waals surface area contributed by atoms with Crippen LogP contribution in [0.3, 0.4) is 0 Å². The number of carbonyl (C=O) groups excluding carboxylic acids is 3. The number of benzene rings is 2. The van der Waals surface area contributed by atoms with Crippen LogP contribution in [0.1, 0.15) is 34.3 Å². The maximum Gasteiger partial charge on any atom is 0.340 e. The molecule has 0 bridgehead atoms. The number of anilines is 1. The summed E-state index contributed by atoms with van der Waals surface area (Å²) in [5.74, 6) is -0.996. The van der Waals surface area contributed by atoms with Crippen molar-refractivity contribution in [2.75, 3.05) is 18.1 Å². The van der Waals surface area contributed by atoms with Crippen LogP contribution in [0.4, 0.5) is 5.69 Å². The Morgan fingerprint density at radius 1 is 1.11 bits per heavy atom. The molecule has 0 aliphatic carbocycles. The minimum atomic E-state index is -0.614. The number of para-hydroxylation sites is 1. The maximum absolute atomic E-state index is 12.4. The van der Waals surface area contributed by atoms with Crippen molar-refractivity contribution in [2.24, 2.45) is 0 Å². The van der Waals surface area contributed by atoms with E-state index in [0.717, 1.165) is 17.5 Å². The molecular formula is C21H22N2O4. The van der Waals surface area contributed by atoms with Gasteiger partial charge in [0, 0.05) is 19.5 Å². The summed E-state index contributed by atoms with van der Waals surface area (Å²) >= 11 is 0. The molecule has 0 aromatic heterocycles. The topological polar surface area (TPSA) is 75.7 Å². The van der Waals surface area contributed by atoms with E-state index in [4.69, 9.17) is 4.74 Å². The zero-order valence-corrected chi connectivity index (χ0v) is 15.2. The zero-order chi connectivity index (χ0) is 19.2. The molecule has 1 saturated heterocycles. The smallest absolute Gasteiger partial charge is 0.340 e. The van der Waals surface area contributed by atoms with Crippen LogP contribution < -0.4 is 10.2 Å². The fourth-order valence-electron chi connectivity index (χ4n) is 3.05. The maximum atomic E-state index is 12.4. The highest BCUT2D eigenvalue weighted by molar-refractivity contribution is 6.03. The first-order valence-corrected chi connectivity index (χ1v) is 8.94. The highest BCUT2D eigenvalue weighted by Crippen LogP contribution is 2.25. The van der Waals surface area contributed by atoms with Crippen molar-refractivity contribution < 1.29 is 19.1 Å². The second kappa shape index (κ2) is 8.49. The second-order valence-electron chi connectivity index (χ2n) is 6.45. The van der Waals surface area contributed by atoms with Crippen molar-refractivity contribution in [3.8, 4) is 0 Å². The summed E-state index contributed by atoms with van der Waals surface area (Å²) < 4.78 is 5.16. The summed E-state index contributed by atoms with van der Waals surface area (Å²) in [5, 5.41) is 2.74. The molecule has 6 heteroatoms. The van der Waals surface area contributed by atoms with Crippen LogP contribution in [0, 0.1) is 6.92 Å². The van der Waals surface area contributed by atoms with Gasteiger partial charge in [0.2, 0.25) is 5.91 Å². The lowest BCUT2D eigenvalue weighted by atomic mass is 10.1. The molecule has 1 heterocycles. The SMILES string of the molecule is Cc1ccccc1CNC(=O)COC(=O)c1ccccc1N1CCCC1=O. The highest BCUT2D eigenvalue weighted by atomic mass is 16.5. The van der Waals surface area contributed by atoms with Gasteiger partial charge in [0.05, 0.1) is 11.3 Å². The number of amides is 2. The number of hydrogen-bond acceptors (Lipinski definition) is 4. The van der Waals surface area contributed by atoms with Crippen LogP contribution in [-0.2, 0) is 20.9 Å². The van der Waals surface area contributed by atoms with E-state index in [1.807, 2.05) is 31.2 Å². The van der Waals surface area contributed by atoms with Crippen LogP contribution in [-0.4, -0.2) is 30.9 Å². The Kier molecular flexibility index (Phi) is 5.86. The van der Waals surface area contributed by atoms with Crippen molar-refractivity contribution in [3.63, 3.8) is 0 Å². The number of nitrogens with one attached hydrogen (secondary N) is 1. The van der Waals surface area contributed by atoms with Gasteiger partial charge in [0.15, 0.2) is 6.61 Å². The summed E-state index contributed by atoms with van der Waals surface area (Å²) in [6.07, 6.45) is 1.24. The number of rotatable bonds is 6. The average Bonchev–Trinajstić information content (AvgIpc) is 3.11. The summed E-state index contributed by atoms with van der Waals surface area (Å²) in [6, 6.07) is 14.6. The van der Waals surface area contributed by atoms with Crippen LogP contribution >= 0.6 is 0 Å². The van der Waals surface area contributed by atoms with Gasteiger partial charge in [0.1, 0.15) is 0 Å². The Bertz CT molecular complexity index is 863. The summed E-state index contributed by atoms with van der Waals surface area (Å²) in [7, 11) is 0. The summed E-state index contributed by atoms with van der Waals surface area (Å²) in [5.41, 5.74) is 2.92. The van der Waals surface area contributed by atoms with E-state index in [2.05, 4.69) is 5.32 Å². The fourth-order valence-corrected chi connectivity index (χ4v) is 3.05. The van der Waals surface area contributed by atoms with Gasteiger partial charge in [0.25, 0.3) is 5.91 Å². The summed E-state index contributed by atoms with van der Waals surface area (Å²) in [4.78, 5) is 38.0. The molecule has 1 N–H and O–H groups in total. The van der Waals surface area contributed by atoms with Gasteiger partial charge in [-0.05, 0) is 36.6 Å². The molecule has 27 heavy (non-hydrogen) atoms. The molecule has 0 atom stereocenters. The molecule has 2 amide bonds. The number of hydrogen-bond donors (Lipinski definition) is 1. The van der Waals surface area contributed by atoms with E-state index in [1.165, 1.54) is 0 Å². The first kappa shape index (κ1) is 18.6. The van der Waals surface area contributed by atoms with Crippen LogP contribution in [0.2, 0.25) is 0 Å². The van der Waals surface area contributed by atoms with Crippen molar-refractivity contribution in [2.45, 2.75) is 26.3 Å². The van der Waals surface area contributed by atoms with Crippen LogP contribution in [0.5, 0.6) is 0 Å². The fraction of sp³-hybridized carbons (Fsp3) is 0.286. The third kappa shape index (κ3) is 4.53. The van der Waals surface area contributed by atoms with E-state index in [-0.39, 0.29) is 18.4 Å². The lowest BCUT2D eigenvalue weighted by Crippen LogP contribution is -2.29. The van der Waals surface area contributed by atoms with E-state index in [0.29, 0.717) is 30.8 Å². The molecule has 0 saturated carbocycles. The van der Waals surface area contributed by atoms with Gasteiger partial charge in [-0.2, -0.15) is 0 Å². The monoisotopic (exact) mass is 366 g/mol. The molecule has 3 rings (SSSR count). The minimum Gasteiger partial charge on any atom is -0.452 e. The molecular weight excluding hydrogens is 344 g/mol. The minimum absolute atomic E-state index is 0.00813. The van der Waals surface area contributed by atoms with Crippen molar-refractivity contribution in [3.05, 3.63) is 65.2 Å². The van der Waals surface area contributed by atoms with E-state index < -0.39 is 5.97 Å². The lowest BCUT2D eigenvalue weighted by Gasteiger charge is -2.18. The normalized spacial score (nSPS) is 13.5. The predicted molar refractivity (Wildman–Crippen MR) is 101 cm³/mol. The third-order valence-electron chi connectivity index (χ3n) is 4.56. The molecule has 1 fully saturated rings. The molecule has 1 aliphatic rings. The molecule has 140 valence electrons. The second-order valence-corrected chi connectivity index (χ2v) is 6.45. The molecule has 0 unspecified atom stereocenters. The van der Waals surface area contributed by atoms with E-state index >= 15 is 0 Å². The van der Waals surface area contributed by atoms with Crippen molar-refractivity contribution >= 4 is 23.5 Å². The highest BCUT2D eigenvalue weighted by Gasteiger charge is 2.26. The molecule has 1 aliphatic heterocycles.